The molecule has 0 bridgehead atoms. The van der Waals surface area contributed by atoms with Crippen LogP contribution in [0.3, 0.4) is 0 Å². The van der Waals surface area contributed by atoms with Gasteiger partial charge in [-0.1, -0.05) is 36.4 Å². The first-order chi connectivity index (χ1) is 12.6. The van der Waals surface area contributed by atoms with Crippen LogP contribution in [-0.4, -0.2) is 51.8 Å². The number of hydrogen-bond acceptors (Lipinski definition) is 4. The molecule has 1 aliphatic rings. The topological polar surface area (TPSA) is 43.8 Å². The second-order valence-electron chi connectivity index (χ2n) is 6.35. The fourth-order valence-corrected chi connectivity index (χ4v) is 4.44. The lowest BCUT2D eigenvalue weighted by Gasteiger charge is -2.54. The third-order valence-corrected chi connectivity index (χ3v) is 6.32. The van der Waals surface area contributed by atoms with E-state index in [9.17, 15) is 23.1 Å². The normalized spacial score (nSPS) is 26.4. The molecule has 1 aromatic heterocycles. The molecule has 0 aliphatic carbocycles. The van der Waals surface area contributed by atoms with Crippen LogP contribution in [0.15, 0.2) is 47.8 Å². The predicted octanol–water partition coefficient (Wildman–Crippen LogP) is 3.70. The lowest BCUT2D eigenvalue weighted by molar-refractivity contribution is -0.324. The van der Waals surface area contributed by atoms with Gasteiger partial charge < -0.3 is 14.9 Å². The summed E-state index contributed by atoms with van der Waals surface area (Å²) < 4.78 is 42.3. The molecule has 144 valence electrons. The number of nitrogens with zero attached hydrogens (tertiary/aromatic N) is 2. The second-order valence-corrected chi connectivity index (χ2v) is 7.66. The molecule has 0 amide bonds. The van der Waals surface area contributed by atoms with Crippen molar-refractivity contribution >= 4 is 34.5 Å². The SMILES string of the molecule is CN1C(=S)N(C)C(O)(C(F)(F)F)C(C(=O)c2cccs2)C1c1ccccc1. The van der Waals surface area contributed by atoms with Crippen molar-refractivity contribution in [1.82, 2.24) is 9.80 Å². The fourth-order valence-electron chi connectivity index (χ4n) is 3.48. The van der Waals surface area contributed by atoms with Gasteiger partial charge in [-0.05, 0) is 29.2 Å². The minimum atomic E-state index is -5.10. The summed E-state index contributed by atoms with van der Waals surface area (Å²) in [6.45, 7) is 0. The number of thiophene rings is 1. The van der Waals surface area contributed by atoms with E-state index in [4.69, 9.17) is 12.2 Å². The van der Waals surface area contributed by atoms with Gasteiger partial charge in [0, 0.05) is 14.1 Å². The summed E-state index contributed by atoms with van der Waals surface area (Å²) in [5, 5.41) is 12.3. The largest absolute Gasteiger partial charge is 0.437 e. The van der Waals surface area contributed by atoms with Crippen molar-refractivity contribution in [2.24, 2.45) is 5.92 Å². The average molecular weight is 414 g/mol. The lowest BCUT2D eigenvalue weighted by Crippen LogP contribution is -2.72. The number of alkyl halides is 3. The second kappa shape index (κ2) is 6.88. The van der Waals surface area contributed by atoms with Crippen LogP contribution in [0.25, 0.3) is 0 Å². The first kappa shape index (κ1) is 19.8. The van der Waals surface area contributed by atoms with Crippen molar-refractivity contribution in [2.75, 3.05) is 14.1 Å². The summed E-state index contributed by atoms with van der Waals surface area (Å²) in [6.07, 6.45) is -5.10. The van der Waals surface area contributed by atoms with Gasteiger partial charge >= 0.3 is 6.18 Å². The van der Waals surface area contributed by atoms with E-state index < -0.39 is 29.6 Å². The number of hydrogen-bond donors (Lipinski definition) is 1. The van der Waals surface area contributed by atoms with Crippen molar-refractivity contribution in [3.63, 3.8) is 0 Å². The number of rotatable bonds is 3. The minimum absolute atomic E-state index is 0.151. The van der Waals surface area contributed by atoms with Gasteiger partial charge in [0.15, 0.2) is 10.9 Å². The number of carbonyl (C=O) groups is 1. The maximum atomic E-state index is 14.1. The van der Waals surface area contributed by atoms with Crippen LogP contribution in [0, 0.1) is 5.92 Å². The lowest BCUT2D eigenvalue weighted by atomic mass is 9.77. The molecule has 1 saturated heterocycles. The highest BCUT2D eigenvalue weighted by molar-refractivity contribution is 7.80. The van der Waals surface area contributed by atoms with Gasteiger partial charge in [0.1, 0.15) is 5.92 Å². The number of thiocarbonyl (C=S) groups is 1. The number of halogens is 3. The number of aliphatic hydroxyl groups is 1. The van der Waals surface area contributed by atoms with E-state index >= 15 is 0 Å². The van der Waals surface area contributed by atoms with Gasteiger partial charge in [-0.15, -0.1) is 11.3 Å². The van der Waals surface area contributed by atoms with Gasteiger partial charge in [0.25, 0.3) is 5.72 Å². The summed E-state index contributed by atoms with van der Waals surface area (Å²) in [6, 6.07) is 10.3. The van der Waals surface area contributed by atoms with Crippen molar-refractivity contribution < 1.29 is 23.1 Å². The molecule has 27 heavy (non-hydrogen) atoms. The Bertz CT molecular complexity index is 842. The van der Waals surface area contributed by atoms with Crippen LogP contribution in [0.4, 0.5) is 13.2 Å². The standard InChI is InChI=1S/C18H17F3N2O2S2/c1-22-14(11-7-4-3-5-8-11)13(15(24)12-9-6-10-27-12)17(25,18(19,20)21)23(2)16(22)26/h3-10,13-14,25H,1-2H3. The summed E-state index contributed by atoms with van der Waals surface area (Å²) in [5.74, 6) is -2.60. The van der Waals surface area contributed by atoms with E-state index in [0.717, 1.165) is 18.4 Å². The Labute approximate surface area is 163 Å². The first-order valence-corrected chi connectivity index (χ1v) is 9.32. The summed E-state index contributed by atoms with van der Waals surface area (Å²) in [5.41, 5.74) is -2.97. The molecule has 4 nitrogen and oxygen atoms in total. The highest BCUT2D eigenvalue weighted by atomic mass is 32.1. The molecule has 0 spiro atoms. The van der Waals surface area contributed by atoms with E-state index in [2.05, 4.69) is 0 Å². The van der Waals surface area contributed by atoms with Crippen molar-refractivity contribution in [3.8, 4) is 0 Å². The maximum absolute atomic E-state index is 14.1. The molecule has 1 fully saturated rings. The quantitative estimate of drug-likeness (QED) is 0.613. The van der Waals surface area contributed by atoms with Crippen LogP contribution in [0.2, 0.25) is 0 Å². The van der Waals surface area contributed by atoms with Crippen molar-refractivity contribution in [3.05, 3.63) is 58.3 Å². The third kappa shape index (κ3) is 3.03. The Morgan fingerprint density at radius 1 is 1.19 bits per heavy atom. The Hall–Kier alpha value is -1.97. The van der Waals surface area contributed by atoms with Gasteiger partial charge in [-0.25, -0.2) is 0 Å². The van der Waals surface area contributed by atoms with E-state index in [-0.39, 0.29) is 9.99 Å². The molecular weight excluding hydrogens is 397 g/mol. The average Bonchev–Trinajstić information content (AvgIpc) is 3.16. The Kier molecular flexibility index (Phi) is 5.04. The molecule has 3 atom stereocenters. The Balaban J connectivity index is 2.25. The number of ketones is 1. The first-order valence-electron chi connectivity index (χ1n) is 8.03. The summed E-state index contributed by atoms with van der Waals surface area (Å²) >= 11 is 6.21. The zero-order valence-electron chi connectivity index (χ0n) is 14.5. The molecule has 0 saturated carbocycles. The zero-order valence-corrected chi connectivity index (χ0v) is 16.1. The highest BCUT2D eigenvalue weighted by Gasteiger charge is 2.69. The Morgan fingerprint density at radius 3 is 2.33 bits per heavy atom. The van der Waals surface area contributed by atoms with Crippen LogP contribution in [-0.2, 0) is 0 Å². The molecule has 3 unspecified atom stereocenters. The summed E-state index contributed by atoms with van der Waals surface area (Å²) in [7, 11) is 2.59. The van der Waals surface area contributed by atoms with E-state index in [1.807, 2.05) is 0 Å². The minimum Gasteiger partial charge on any atom is -0.363 e. The van der Waals surface area contributed by atoms with E-state index in [0.29, 0.717) is 10.5 Å². The van der Waals surface area contributed by atoms with Crippen LogP contribution in [0.1, 0.15) is 21.3 Å². The molecule has 2 heterocycles. The third-order valence-electron chi connectivity index (χ3n) is 4.87. The van der Waals surface area contributed by atoms with Gasteiger partial charge in [0.2, 0.25) is 0 Å². The number of Topliss-reactive ketones (excluding diaryl/α,β-unsaturated/α-hetero) is 1. The molecular formula is C18H17F3N2O2S2. The smallest absolute Gasteiger partial charge is 0.363 e. The van der Waals surface area contributed by atoms with Gasteiger partial charge in [-0.2, -0.15) is 13.2 Å². The molecule has 1 aromatic carbocycles. The van der Waals surface area contributed by atoms with Crippen molar-refractivity contribution in [1.29, 1.82) is 0 Å². The monoisotopic (exact) mass is 414 g/mol. The van der Waals surface area contributed by atoms with Crippen LogP contribution >= 0.6 is 23.6 Å². The van der Waals surface area contributed by atoms with Gasteiger partial charge in [0.05, 0.1) is 10.9 Å². The molecule has 0 radical (unpaired) electrons. The fraction of sp³-hybridized carbons (Fsp3) is 0.333. The summed E-state index contributed by atoms with van der Waals surface area (Å²) in [4.78, 5) is 15.3. The molecule has 3 rings (SSSR count). The predicted molar refractivity (Wildman–Crippen MR) is 100 cm³/mol. The van der Waals surface area contributed by atoms with E-state index in [1.165, 1.54) is 18.0 Å². The van der Waals surface area contributed by atoms with E-state index in [1.54, 1.807) is 41.8 Å². The molecule has 2 aromatic rings. The van der Waals surface area contributed by atoms with Crippen molar-refractivity contribution in [2.45, 2.75) is 17.9 Å². The van der Waals surface area contributed by atoms with Crippen LogP contribution in [0.5, 0.6) is 0 Å². The number of carbonyl (C=O) groups excluding carboxylic acids is 1. The Morgan fingerprint density at radius 2 is 1.81 bits per heavy atom. The maximum Gasteiger partial charge on any atom is 0.437 e. The molecule has 1 N–H and O–H groups in total. The zero-order chi connectivity index (χ0) is 20.0. The highest BCUT2D eigenvalue weighted by Crippen LogP contribution is 2.50. The number of benzene rings is 1. The molecule has 9 heteroatoms. The van der Waals surface area contributed by atoms with Crippen LogP contribution < -0.4 is 0 Å². The van der Waals surface area contributed by atoms with Gasteiger partial charge in [-0.3, -0.25) is 4.79 Å². The molecule has 1 aliphatic heterocycles.